The van der Waals surface area contributed by atoms with E-state index >= 15 is 0 Å². The van der Waals surface area contributed by atoms with Crippen LogP contribution in [-0.4, -0.2) is 44.3 Å². The normalized spacial score (nSPS) is 13.3. The third kappa shape index (κ3) is 4.17. The summed E-state index contributed by atoms with van der Waals surface area (Å²) in [6.45, 7) is 4.81. The Kier molecular flexibility index (Phi) is 4.87. The van der Waals surface area contributed by atoms with Gasteiger partial charge in [0.05, 0.1) is 23.0 Å². The van der Waals surface area contributed by atoms with Crippen LogP contribution in [0.5, 0.6) is 0 Å². The Morgan fingerprint density at radius 1 is 1.11 bits per heavy atom. The van der Waals surface area contributed by atoms with Gasteiger partial charge in [-0.1, -0.05) is 17.2 Å². The number of amides is 3. The number of aromatic nitrogens is 2. The van der Waals surface area contributed by atoms with Crippen LogP contribution in [-0.2, 0) is 20.9 Å². The average Bonchev–Trinajstić information content (AvgIpc) is 3.11. The molecule has 0 saturated carbocycles. The van der Waals surface area contributed by atoms with Crippen molar-refractivity contribution in [3.63, 3.8) is 0 Å². The molecule has 10 nitrogen and oxygen atoms in total. The molecule has 1 aromatic heterocycles. The number of ether oxygens (including phenoxy) is 1. The van der Waals surface area contributed by atoms with Gasteiger partial charge in [-0.3, -0.25) is 19.6 Å². The number of nitrogens with zero attached hydrogens (tertiary/aromatic N) is 3. The van der Waals surface area contributed by atoms with E-state index in [0.29, 0.717) is 10.8 Å². The molecule has 0 saturated heterocycles. The molecule has 1 N–H and O–H groups in total. The molecular formula is C18H18N4O6. The second-order valence-electron chi connectivity index (χ2n) is 6.97. The second kappa shape index (κ2) is 7.14. The molecule has 1 aromatic carbocycles. The van der Waals surface area contributed by atoms with Crippen molar-refractivity contribution in [1.82, 2.24) is 14.8 Å². The van der Waals surface area contributed by atoms with Gasteiger partial charge in [0.2, 0.25) is 0 Å². The summed E-state index contributed by atoms with van der Waals surface area (Å²) in [7, 11) is 0. The molecule has 146 valence electrons. The van der Waals surface area contributed by atoms with E-state index in [-0.39, 0.29) is 17.7 Å². The van der Waals surface area contributed by atoms with Gasteiger partial charge >= 0.3 is 12.1 Å². The van der Waals surface area contributed by atoms with Gasteiger partial charge in [-0.05, 0) is 32.9 Å². The molecule has 28 heavy (non-hydrogen) atoms. The van der Waals surface area contributed by atoms with Gasteiger partial charge in [0, 0.05) is 6.20 Å². The standard InChI is InChI=1S/C18H18N4O6/c1-18(2,3)27-17(26)20-11-8-19-21(9-11)10-14(23)28-22-15(24)12-6-4-5-7-13(12)16(22)25/h4-9H,10H2,1-3H3,(H,20,26). The van der Waals surface area contributed by atoms with Crippen molar-refractivity contribution in [2.24, 2.45) is 0 Å². The van der Waals surface area contributed by atoms with Gasteiger partial charge in [-0.25, -0.2) is 9.59 Å². The van der Waals surface area contributed by atoms with Crippen LogP contribution in [0.25, 0.3) is 0 Å². The predicted octanol–water partition coefficient (Wildman–Crippen LogP) is 1.98. The molecule has 0 bridgehead atoms. The van der Waals surface area contributed by atoms with Crippen LogP contribution in [0.1, 0.15) is 41.5 Å². The van der Waals surface area contributed by atoms with E-state index in [1.165, 1.54) is 29.2 Å². The summed E-state index contributed by atoms with van der Waals surface area (Å²) in [6.07, 6.45) is 2.04. The fourth-order valence-electron chi connectivity index (χ4n) is 2.45. The van der Waals surface area contributed by atoms with Gasteiger partial charge in [-0.15, -0.1) is 0 Å². The van der Waals surface area contributed by atoms with Crippen molar-refractivity contribution in [2.45, 2.75) is 32.9 Å². The minimum atomic E-state index is -0.874. The van der Waals surface area contributed by atoms with E-state index in [2.05, 4.69) is 10.4 Å². The average molecular weight is 386 g/mol. The summed E-state index contributed by atoms with van der Waals surface area (Å²) in [5.41, 5.74) is -0.00903. The molecule has 1 aliphatic rings. The van der Waals surface area contributed by atoms with Crippen LogP contribution in [0, 0.1) is 0 Å². The first kappa shape index (κ1) is 19.1. The summed E-state index contributed by atoms with van der Waals surface area (Å²) in [6, 6.07) is 6.17. The van der Waals surface area contributed by atoms with Crippen LogP contribution in [0.4, 0.5) is 10.5 Å². The van der Waals surface area contributed by atoms with E-state index in [9.17, 15) is 19.2 Å². The largest absolute Gasteiger partial charge is 0.444 e. The maximum atomic E-state index is 12.2. The molecular weight excluding hydrogens is 368 g/mol. The van der Waals surface area contributed by atoms with Crippen molar-refractivity contribution < 1.29 is 28.8 Å². The zero-order valence-electron chi connectivity index (χ0n) is 15.5. The van der Waals surface area contributed by atoms with Crippen molar-refractivity contribution in [1.29, 1.82) is 0 Å². The number of nitrogens with one attached hydrogen (secondary N) is 1. The number of fused-ring (bicyclic) bond motifs is 1. The first-order valence-corrected chi connectivity index (χ1v) is 8.35. The van der Waals surface area contributed by atoms with Gasteiger partial charge in [0.25, 0.3) is 11.8 Å². The first-order valence-electron chi connectivity index (χ1n) is 8.35. The highest BCUT2D eigenvalue weighted by Crippen LogP contribution is 2.22. The van der Waals surface area contributed by atoms with E-state index in [0.717, 1.165) is 0 Å². The van der Waals surface area contributed by atoms with Crippen LogP contribution in [0.3, 0.4) is 0 Å². The molecule has 0 atom stereocenters. The molecule has 10 heteroatoms. The number of benzene rings is 1. The molecule has 0 fully saturated rings. The Morgan fingerprint density at radius 2 is 1.71 bits per heavy atom. The van der Waals surface area contributed by atoms with Gasteiger partial charge in [0.15, 0.2) is 0 Å². The lowest BCUT2D eigenvalue weighted by molar-refractivity contribution is -0.169. The first-order chi connectivity index (χ1) is 13.1. The van der Waals surface area contributed by atoms with Crippen molar-refractivity contribution in [3.8, 4) is 0 Å². The summed E-state index contributed by atoms with van der Waals surface area (Å²) >= 11 is 0. The SMILES string of the molecule is CC(C)(C)OC(=O)Nc1cnn(CC(=O)ON2C(=O)c3ccccc3C2=O)c1. The zero-order chi connectivity index (χ0) is 20.5. The second-order valence-corrected chi connectivity index (χ2v) is 6.97. The fourth-order valence-corrected chi connectivity index (χ4v) is 2.45. The van der Waals surface area contributed by atoms with E-state index in [4.69, 9.17) is 9.57 Å². The van der Waals surface area contributed by atoms with Crippen LogP contribution in [0.15, 0.2) is 36.7 Å². The number of carbonyl (C=O) groups excluding carboxylic acids is 4. The highest BCUT2D eigenvalue weighted by molar-refractivity contribution is 6.20. The van der Waals surface area contributed by atoms with E-state index < -0.39 is 29.5 Å². The van der Waals surface area contributed by atoms with Crippen molar-refractivity contribution in [2.75, 3.05) is 5.32 Å². The smallest absolute Gasteiger partial charge is 0.412 e. The molecule has 0 aliphatic carbocycles. The van der Waals surface area contributed by atoms with E-state index in [1.54, 1.807) is 32.9 Å². The van der Waals surface area contributed by atoms with Crippen LogP contribution in [0.2, 0.25) is 0 Å². The highest BCUT2D eigenvalue weighted by Gasteiger charge is 2.38. The fraction of sp³-hybridized carbons (Fsp3) is 0.278. The number of imide groups is 1. The van der Waals surface area contributed by atoms with E-state index in [1.807, 2.05) is 0 Å². The van der Waals surface area contributed by atoms with Gasteiger partial charge in [0.1, 0.15) is 12.1 Å². The highest BCUT2D eigenvalue weighted by atomic mass is 16.7. The molecule has 1 aliphatic heterocycles. The Labute approximate surface area is 160 Å². The summed E-state index contributed by atoms with van der Waals surface area (Å²) in [5, 5.41) is 6.82. The maximum absolute atomic E-state index is 12.2. The molecule has 0 spiro atoms. The Hall–Kier alpha value is -3.69. The molecule has 2 aromatic rings. The minimum Gasteiger partial charge on any atom is -0.444 e. The molecule has 0 unspecified atom stereocenters. The molecule has 2 heterocycles. The lowest BCUT2D eigenvalue weighted by Crippen LogP contribution is -2.34. The third-order valence-electron chi connectivity index (χ3n) is 3.52. The Bertz CT molecular complexity index is 924. The number of anilines is 1. The molecule has 0 radical (unpaired) electrons. The topological polar surface area (TPSA) is 120 Å². The van der Waals surface area contributed by atoms with Crippen LogP contribution < -0.4 is 5.32 Å². The number of carbonyl (C=O) groups is 4. The summed E-state index contributed by atoms with van der Waals surface area (Å²) in [5.74, 6) is -2.29. The molecule has 3 amide bonds. The van der Waals surface area contributed by atoms with Gasteiger partial charge in [-0.2, -0.15) is 5.10 Å². The quantitative estimate of drug-likeness (QED) is 0.798. The zero-order valence-corrected chi connectivity index (χ0v) is 15.5. The Balaban J connectivity index is 1.58. The van der Waals surface area contributed by atoms with Gasteiger partial charge < -0.3 is 9.57 Å². The Morgan fingerprint density at radius 3 is 2.29 bits per heavy atom. The van der Waals surface area contributed by atoms with Crippen LogP contribution >= 0.6 is 0 Å². The van der Waals surface area contributed by atoms with Crippen molar-refractivity contribution in [3.05, 3.63) is 47.8 Å². The molecule has 3 rings (SSSR count). The minimum absolute atomic E-state index is 0.170. The lowest BCUT2D eigenvalue weighted by atomic mass is 10.1. The number of hydrogen-bond donors (Lipinski definition) is 1. The predicted molar refractivity (Wildman–Crippen MR) is 95.1 cm³/mol. The summed E-state index contributed by atoms with van der Waals surface area (Å²) < 4.78 is 6.30. The summed E-state index contributed by atoms with van der Waals surface area (Å²) in [4.78, 5) is 53.1. The third-order valence-corrected chi connectivity index (χ3v) is 3.52. The monoisotopic (exact) mass is 386 g/mol. The maximum Gasteiger partial charge on any atom is 0.412 e. The van der Waals surface area contributed by atoms with Crippen molar-refractivity contribution >= 4 is 29.6 Å². The number of hydroxylamine groups is 2. The number of hydrogen-bond acceptors (Lipinski definition) is 7. The number of rotatable bonds is 4. The lowest BCUT2D eigenvalue weighted by Gasteiger charge is -2.19.